The van der Waals surface area contributed by atoms with Gasteiger partial charge in [0, 0.05) is 36.4 Å². The number of amides is 2. The summed E-state index contributed by atoms with van der Waals surface area (Å²) in [6, 6.07) is 10.1. The molecule has 12 nitrogen and oxygen atoms in total. The fourth-order valence-corrected chi connectivity index (χ4v) is 4.28. The van der Waals surface area contributed by atoms with Crippen molar-refractivity contribution in [2.24, 2.45) is 12.8 Å². The van der Waals surface area contributed by atoms with E-state index in [0.717, 1.165) is 11.1 Å². The third kappa shape index (κ3) is 4.14. The fraction of sp³-hybridized carbons (Fsp3) is 0.160. The van der Waals surface area contributed by atoms with Gasteiger partial charge >= 0.3 is 5.69 Å². The smallest absolute Gasteiger partial charge is 0.351 e. The van der Waals surface area contributed by atoms with Crippen LogP contribution in [0.5, 0.6) is 0 Å². The molecule has 0 aliphatic rings. The lowest BCUT2D eigenvalue weighted by Gasteiger charge is -2.11. The molecule has 0 radical (unpaired) electrons. The molecule has 1 aromatic carbocycles. The molecule has 0 unspecified atom stereocenters. The lowest BCUT2D eigenvalue weighted by Crippen LogP contribution is -2.22. The standard InChI is InChI=1S/C25H23N9O3/c1-4-33-19(18-12-29-20(13-28-18)34-14(2)31-32(3)25(34)37)11-15-8-9-27-21(22(15)33)24(36)30-17-7-5-6-16(10-17)23(26)35/h5-13H,4H2,1-3H3,(H2,26,35)(H,30,36). The lowest BCUT2D eigenvalue weighted by atomic mass is 10.2. The van der Waals surface area contributed by atoms with Crippen molar-refractivity contribution in [1.82, 2.24) is 33.9 Å². The molecule has 0 bridgehead atoms. The van der Waals surface area contributed by atoms with Crippen LogP contribution < -0.4 is 16.7 Å². The predicted molar refractivity (Wildman–Crippen MR) is 136 cm³/mol. The monoisotopic (exact) mass is 497 g/mol. The summed E-state index contributed by atoms with van der Waals surface area (Å²) >= 11 is 0. The van der Waals surface area contributed by atoms with Crippen LogP contribution in [0, 0.1) is 6.92 Å². The Labute approximate surface area is 210 Å². The minimum absolute atomic E-state index is 0.220. The van der Waals surface area contributed by atoms with E-state index in [9.17, 15) is 14.4 Å². The van der Waals surface area contributed by atoms with Crippen molar-refractivity contribution in [3.63, 3.8) is 0 Å². The van der Waals surface area contributed by atoms with Gasteiger partial charge in [0.15, 0.2) is 11.5 Å². The van der Waals surface area contributed by atoms with E-state index in [0.29, 0.717) is 35.1 Å². The first-order valence-corrected chi connectivity index (χ1v) is 11.4. The number of benzene rings is 1. The van der Waals surface area contributed by atoms with Crippen LogP contribution in [0.1, 0.15) is 33.6 Å². The molecule has 4 aromatic heterocycles. The number of nitrogens with zero attached hydrogens (tertiary/aromatic N) is 7. The number of aryl methyl sites for hydroxylation is 3. The van der Waals surface area contributed by atoms with Crippen molar-refractivity contribution in [3.8, 4) is 17.2 Å². The van der Waals surface area contributed by atoms with Gasteiger partial charge in [0.25, 0.3) is 5.91 Å². The summed E-state index contributed by atoms with van der Waals surface area (Å²) in [5, 5.41) is 7.71. The van der Waals surface area contributed by atoms with E-state index in [1.165, 1.54) is 21.5 Å². The topological polar surface area (TPSA) is 156 Å². The van der Waals surface area contributed by atoms with E-state index in [4.69, 9.17) is 5.73 Å². The number of anilines is 1. The van der Waals surface area contributed by atoms with E-state index in [1.807, 2.05) is 23.6 Å². The molecule has 12 heteroatoms. The zero-order valence-electron chi connectivity index (χ0n) is 20.3. The minimum atomic E-state index is -0.587. The van der Waals surface area contributed by atoms with E-state index >= 15 is 0 Å². The highest BCUT2D eigenvalue weighted by molar-refractivity contribution is 6.11. The molecule has 0 saturated carbocycles. The van der Waals surface area contributed by atoms with Crippen molar-refractivity contribution in [2.75, 3.05) is 5.32 Å². The second kappa shape index (κ2) is 9.15. The number of aromatic nitrogens is 7. The normalized spacial score (nSPS) is 11.1. The molecular weight excluding hydrogens is 474 g/mol. The maximum Gasteiger partial charge on any atom is 0.351 e. The summed E-state index contributed by atoms with van der Waals surface area (Å²) in [6.07, 6.45) is 4.66. The highest BCUT2D eigenvalue weighted by atomic mass is 16.2. The first kappa shape index (κ1) is 23.6. The van der Waals surface area contributed by atoms with Crippen molar-refractivity contribution in [1.29, 1.82) is 0 Å². The minimum Gasteiger partial charge on any atom is -0.366 e. The molecule has 0 atom stereocenters. The van der Waals surface area contributed by atoms with Gasteiger partial charge in [0.05, 0.1) is 23.6 Å². The van der Waals surface area contributed by atoms with Crippen LogP contribution >= 0.6 is 0 Å². The van der Waals surface area contributed by atoms with Gasteiger partial charge in [-0.05, 0) is 44.2 Å². The Morgan fingerprint density at radius 2 is 1.89 bits per heavy atom. The Morgan fingerprint density at radius 1 is 1.08 bits per heavy atom. The van der Waals surface area contributed by atoms with Gasteiger partial charge < -0.3 is 15.6 Å². The molecule has 5 rings (SSSR count). The molecule has 37 heavy (non-hydrogen) atoms. The number of fused-ring (bicyclic) bond motifs is 1. The van der Waals surface area contributed by atoms with Crippen LogP contribution in [-0.2, 0) is 13.6 Å². The van der Waals surface area contributed by atoms with Gasteiger partial charge in [0.1, 0.15) is 11.5 Å². The van der Waals surface area contributed by atoms with Crippen LogP contribution in [0.3, 0.4) is 0 Å². The zero-order chi connectivity index (χ0) is 26.3. The molecule has 0 aliphatic carbocycles. The van der Waals surface area contributed by atoms with Crippen LogP contribution in [0.4, 0.5) is 5.69 Å². The van der Waals surface area contributed by atoms with Crippen molar-refractivity contribution in [3.05, 3.63) is 82.6 Å². The third-order valence-electron chi connectivity index (χ3n) is 5.96. The largest absolute Gasteiger partial charge is 0.366 e. The SMILES string of the molecule is CCn1c(-c2cnc(-n3c(C)nn(C)c3=O)cn2)cc2ccnc(C(=O)Nc3cccc(C(N)=O)c3)c21. The molecule has 0 aliphatic heterocycles. The second-order valence-electron chi connectivity index (χ2n) is 8.32. The summed E-state index contributed by atoms with van der Waals surface area (Å²) in [5.74, 6) is -0.158. The first-order chi connectivity index (χ1) is 17.8. The molecular formula is C25H23N9O3. The second-order valence-corrected chi connectivity index (χ2v) is 8.32. The van der Waals surface area contributed by atoms with Crippen LogP contribution in [0.15, 0.2) is 59.8 Å². The molecule has 0 saturated heterocycles. The number of hydrogen-bond donors (Lipinski definition) is 2. The average molecular weight is 498 g/mol. The number of carbonyl (C=O) groups is 2. The average Bonchev–Trinajstić information content (AvgIpc) is 3.39. The predicted octanol–water partition coefficient (Wildman–Crippen LogP) is 2.06. The quantitative estimate of drug-likeness (QED) is 0.364. The summed E-state index contributed by atoms with van der Waals surface area (Å²) < 4.78 is 4.55. The number of hydrogen-bond acceptors (Lipinski definition) is 7. The van der Waals surface area contributed by atoms with Gasteiger partial charge in [-0.15, -0.1) is 0 Å². The van der Waals surface area contributed by atoms with Crippen LogP contribution in [0.2, 0.25) is 0 Å². The van der Waals surface area contributed by atoms with E-state index in [1.54, 1.807) is 44.6 Å². The Kier molecular flexibility index (Phi) is 5.84. The molecule has 186 valence electrons. The Morgan fingerprint density at radius 3 is 2.54 bits per heavy atom. The Hall–Kier alpha value is -5.13. The summed E-state index contributed by atoms with van der Waals surface area (Å²) in [6.45, 7) is 4.20. The summed E-state index contributed by atoms with van der Waals surface area (Å²) in [7, 11) is 1.57. The molecule has 0 fully saturated rings. The molecule has 5 aromatic rings. The van der Waals surface area contributed by atoms with Gasteiger partial charge in [-0.25, -0.2) is 29.0 Å². The summed E-state index contributed by atoms with van der Waals surface area (Å²) in [5.41, 5.74) is 7.91. The highest BCUT2D eigenvalue weighted by Crippen LogP contribution is 2.29. The van der Waals surface area contributed by atoms with Crippen LogP contribution in [0.25, 0.3) is 28.1 Å². The number of pyridine rings is 1. The Balaban J connectivity index is 1.54. The Bertz CT molecular complexity index is 1730. The first-order valence-electron chi connectivity index (χ1n) is 11.4. The van der Waals surface area contributed by atoms with E-state index < -0.39 is 11.8 Å². The maximum atomic E-state index is 13.2. The van der Waals surface area contributed by atoms with Crippen LogP contribution in [-0.4, -0.2) is 45.7 Å². The molecule has 2 amide bonds. The highest BCUT2D eigenvalue weighted by Gasteiger charge is 2.20. The number of primary amides is 1. The zero-order valence-corrected chi connectivity index (χ0v) is 20.3. The van der Waals surface area contributed by atoms with Crippen molar-refractivity contribution < 1.29 is 9.59 Å². The van der Waals surface area contributed by atoms with Gasteiger partial charge in [-0.3, -0.25) is 9.59 Å². The molecule has 3 N–H and O–H groups in total. The lowest BCUT2D eigenvalue weighted by molar-refractivity contribution is 0.0995. The number of carbonyl (C=O) groups excluding carboxylic acids is 2. The van der Waals surface area contributed by atoms with E-state index in [-0.39, 0.29) is 16.9 Å². The van der Waals surface area contributed by atoms with E-state index in [2.05, 4.69) is 25.4 Å². The van der Waals surface area contributed by atoms with Gasteiger partial charge in [0.2, 0.25) is 5.91 Å². The van der Waals surface area contributed by atoms with Crippen molar-refractivity contribution in [2.45, 2.75) is 20.4 Å². The summed E-state index contributed by atoms with van der Waals surface area (Å²) in [4.78, 5) is 50.4. The fourth-order valence-electron chi connectivity index (χ4n) is 4.28. The number of rotatable bonds is 6. The van der Waals surface area contributed by atoms with Gasteiger partial charge in [-0.1, -0.05) is 6.07 Å². The van der Waals surface area contributed by atoms with Crippen molar-refractivity contribution >= 4 is 28.4 Å². The molecule has 0 spiro atoms. The molecule has 4 heterocycles. The van der Waals surface area contributed by atoms with Gasteiger partial charge in [-0.2, -0.15) is 5.10 Å². The third-order valence-corrected chi connectivity index (χ3v) is 5.96. The number of nitrogens with one attached hydrogen (secondary N) is 1. The maximum absolute atomic E-state index is 13.2. The number of nitrogens with two attached hydrogens (primary N) is 1.